The Morgan fingerprint density at radius 3 is 2.92 bits per heavy atom. The summed E-state index contributed by atoms with van der Waals surface area (Å²) < 4.78 is 10.7. The minimum atomic E-state index is -0.386. The maximum Gasteiger partial charge on any atom is 0.264 e. The highest BCUT2D eigenvalue weighted by molar-refractivity contribution is 7.12. The van der Waals surface area contributed by atoms with Crippen LogP contribution in [0.1, 0.15) is 28.1 Å². The van der Waals surface area contributed by atoms with Crippen molar-refractivity contribution in [3.05, 3.63) is 46.2 Å². The average molecular weight is 372 g/mol. The van der Waals surface area contributed by atoms with E-state index in [-0.39, 0.29) is 24.6 Å². The van der Waals surface area contributed by atoms with E-state index in [4.69, 9.17) is 9.47 Å². The van der Waals surface area contributed by atoms with Gasteiger partial charge in [0, 0.05) is 20.1 Å². The summed E-state index contributed by atoms with van der Waals surface area (Å²) in [5.41, 5.74) is 0.972. The van der Waals surface area contributed by atoms with Gasteiger partial charge in [-0.3, -0.25) is 9.59 Å². The molecule has 4 rings (SSSR count). The second-order valence-electron chi connectivity index (χ2n) is 6.52. The van der Waals surface area contributed by atoms with E-state index in [1.165, 1.54) is 11.3 Å². The molecule has 1 aromatic carbocycles. The molecule has 0 aliphatic carbocycles. The highest BCUT2D eigenvalue weighted by atomic mass is 32.1. The second-order valence-corrected chi connectivity index (χ2v) is 7.46. The van der Waals surface area contributed by atoms with E-state index in [2.05, 4.69) is 0 Å². The molecule has 136 valence electrons. The quantitative estimate of drug-likeness (QED) is 0.828. The number of thiophene rings is 1. The van der Waals surface area contributed by atoms with Crippen molar-refractivity contribution in [3.8, 4) is 11.5 Å². The number of amides is 2. The summed E-state index contributed by atoms with van der Waals surface area (Å²) in [5.74, 6) is 1.36. The second kappa shape index (κ2) is 6.99. The first-order valence-electron chi connectivity index (χ1n) is 8.61. The van der Waals surface area contributed by atoms with E-state index in [1.807, 2.05) is 35.7 Å². The maximum absolute atomic E-state index is 12.9. The van der Waals surface area contributed by atoms with Crippen LogP contribution in [0.5, 0.6) is 11.5 Å². The van der Waals surface area contributed by atoms with Crippen LogP contribution in [-0.2, 0) is 11.3 Å². The molecule has 0 bridgehead atoms. The van der Waals surface area contributed by atoms with Crippen molar-refractivity contribution in [1.82, 2.24) is 9.80 Å². The van der Waals surface area contributed by atoms with Crippen LogP contribution in [0.4, 0.5) is 0 Å². The van der Waals surface area contributed by atoms with Gasteiger partial charge >= 0.3 is 0 Å². The number of nitrogens with zero attached hydrogens (tertiary/aromatic N) is 2. The lowest BCUT2D eigenvalue weighted by Gasteiger charge is -2.28. The van der Waals surface area contributed by atoms with Crippen LogP contribution in [-0.4, -0.2) is 48.0 Å². The Kier molecular flexibility index (Phi) is 4.55. The SMILES string of the molecule is CN(Cc1ccc2c(c1)OCO2)C(=O)C1CCCN1C(=O)c1cccs1. The lowest BCUT2D eigenvalue weighted by atomic mass is 10.1. The number of hydrogen-bond acceptors (Lipinski definition) is 5. The number of carbonyl (C=O) groups is 2. The molecule has 2 aromatic rings. The highest BCUT2D eigenvalue weighted by Crippen LogP contribution is 2.33. The first kappa shape index (κ1) is 16.9. The molecule has 2 aliphatic heterocycles. The van der Waals surface area contributed by atoms with Gasteiger partial charge in [-0.05, 0) is 42.0 Å². The molecule has 0 N–H and O–H groups in total. The molecule has 0 saturated carbocycles. The van der Waals surface area contributed by atoms with Gasteiger partial charge in [0.05, 0.1) is 4.88 Å². The summed E-state index contributed by atoms with van der Waals surface area (Å²) in [5, 5.41) is 1.88. The number of likely N-dealkylation sites (N-methyl/N-ethyl adjacent to an activating group) is 1. The first-order chi connectivity index (χ1) is 12.6. The van der Waals surface area contributed by atoms with Crippen LogP contribution in [0.25, 0.3) is 0 Å². The largest absolute Gasteiger partial charge is 0.454 e. The minimum absolute atomic E-state index is 0.0231. The third-order valence-corrected chi connectivity index (χ3v) is 5.62. The summed E-state index contributed by atoms with van der Waals surface area (Å²) in [6.07, 6.45) is 1.56. The van der Waals surface area contributed by atoms with Crippen LogP contribution in [0, 0.1) is 0 Å². The monoisotopic (exact) mass is 372 g/mol. The number of likely N-dealkylation sites (tertiary alicyclic amines) is 1. The first-order valence-corrected chi connectivity index (χ1v) is 9.49. The summed E-state index contributed by atoms with van der Waals surface area (Å²) in [6.45, 7) is 1.33. The predicted octanol–water partition coefficient (Wildman–Crippen LogP) is 2.74. The Balaban J connectivity index is 1.45. The van der Waals surface area contributed by atoms with Crippen LogP contribution >= 0.6 is 11.3 Å². The standard InChI is InChI=1S/C19H20N2O4S/c1-20(11-13-6-7-15-16(10-13)25-12-24-15)18(22)14-4-2-8-21(14)19(23)17-5-3-9-26-17/h3,5-7,9-10,14H,2,4,8,11-12H2,1H3. The van der Waals surface area contributed by atoms with Gasteiger partial charge in [0.2, 0.25) is 12.7 Å². The molecule has 6 nitrogen and oxygen atoms in total. The maximum atomic E-state index is 12.9. The molecular formula is C19H20N2O4S. The Hall–Kier alpha value is -2.54. The van der Waals surface area contributed by atoms with Gasteiger partial charge in [0.15, 0.2) is 11.5 Å². The fraction of sp³-hybridized carbons (Fsp3) is 0.368. The van der Waals surface area contributed by atoms with Gasteiger partial charge in [-0.15, -0.1) is 11.3 Å². The van der Waals surface area contributed by atoms with Crippen LogP contribution in [0.2, 0.25) is 0 Å². The van der Waals surface area contributed by atoms with Crippen LogP contribution < -0.4 is 9.47 Å². The molecule has 3 heterocycles. The molecule has 1 fully saturated rings. The van der Waals surface area contributed by atoms with E-state index in [0.717, 1.165) is 17.7 Å². The Morgan fingerprint density at radius 1 is 1.27 bits per heavy atom. The highest BCUT2D eigenvalue weighted by Gasteiger charge is 2.36. The molecule has 0 spiro atoms. The summed E-state index contributed by atoms with van der Waals surface area (Å²) in [4.78, 5) is 29.7. The lowest BCUT2D eigenvalue weighted by Crippen LogP contribution is -2.46. The number of ether oxygens (including phenoxy) is 2. The number of carbonyl (C=O) groups excluding carboxylic acids is 2. The zero-order chi connectivity index (χ0) is 18.1. The minimum Gasteiger partial charge on any atom is -0.454 e. The van der Waals surface area contributed by atoms with E-state index < -0.39 is 0 Å². The smallest absolute Gasteiger partial charge is 0.264 e. The number of fused-ring (bicyclic) bond motifs is 1. The number of hydrogen-bond donors (Lipinski definition) is 0. The van der Waals surface area contributed by atoms with Gasteiger partial charge in [0.25, 0.3) is 5.91 Å². The van der Waals surface area contributed by atoms with Crippen molar-refractivity contribution in [2.45, 2.75) is 25.4 Å². The third-order valence-electron chi connectivity index (χ3n) is 4.76. The number of rotatable bonds is 4. The van der Waals surface area contributed by atoms with Gasteiger partial charge in [-0.1, -0.05) is 12.1 Å². The van der Waals surface area contributed by atoms with Gasteiger partial charge in [-0.2, -0.15) is 0 Å². The van der Waals surface area contributed by atoms with E-state index in [0.29, 0.717) is 30.1 Å². The Bertz CT molecular complexity index is 821. The van der Waals surface area contributed by atoms with Crippen molar-refractivity contribution in [2.24, 2.45) is 0 Å². The Morgan fingerprint density at radius 2 is 2.12 bits per heavy atom. The molecule has 0 radical (unpaired) electrons. The molecule has 1 atom stereocenters. The molecule has 1 unspecified atom stereocenters. The van der Waals surface area contributed by atoms with Crippen LogP contribution in [0.3, 0.4) is 0 Å². The fourth-order valence-electron chi connectivity index (χ4n) is 3.45. The molecule has 7 heteroatoms. The van der Waals surface area contributed by atoms with Crippen LogP contribution in [0.15, 0.2) is 35.7 Å². The molecular weight excluding hydrogens is 352 g/mol. The molecule has 1 aromatic heterocycles. The molecule has 2 aliphatic rings. The molecule has 2 amide bonds. The van der Waals surface area contributed by atoms with Crippen molar-refractivity contribution in [2.75, 3.05) is 20.4 Å². The normalized spacial score (nSPS) is 18.2. The summed E-state index contributed by atoms with van der Waals surface area (Å²) >= 11 is 1.41. The molecule has 26 heavy (non-hydrogen) atoms. The topological polar surface area (TPSA) is 59.1 Å². The van der Waals surface area contributed by atoms with Crippen molar-refractivity contribution in [1.29, 1.82) is 0 Å². The van der Waals surface area contributed by atoms with Gasteiger partial charge in [-0.25, -0.2) is 0 Å². The van der Waals surface area contributed by atoms with Crippen molar-refractivity contribution in [3.63, 3.8) is 0 Å². The number of benzene rings is 1. The van der Waals surface area contributed by atoms with Crippen molar-refractivity contribution < 1.29 is 19.1 Å². The Labute approximate surface area is 155 Å². The van der Waals surface area contributed by atoms with E-state index in [1.54, 1.807) is 16.8 Å². The zero-order valence-corrected chi connectivity index (χ0v) is 15.3. The molecule has 1 saturated heterocycles. The van der Waals surface area contributed by atoms with E-state index in [9.17, 15) is 9.59 Å². The zero-order valence-electron chi connectivity index (χ0n) is 14.5. The average Bonchev–Trinajstić information content (AvgIpc) is 3.40. The third kappa shape index (κ3) is 3.14. The fourth-order valence-corrected chi connectivity index (χ4v) is 4.13. The van der Waals surface area contributed by atoms with Gasteiger partial charge < -0.3 is 19.3 Å². The van der Waals surface area contributed by atoms with E-state index >= 15 is 0 Å². The predicted molar refractivity (Wildman–Crippen MR) is 97.4 cm³/mol. The lowest BCUT2D eigenvalue weighted by molar-refractivity contribution is -0.134. The van der Waals surface area contributed by atoms with Gasteiger partial charge in [0.1, 0.15) is 6.04 Å². The summed E-state index contributed by atoms with van der Waals surface area (Å²) in [7, 11) is 1.78. The van der Waals surface area contributed by atoms with Crippen molar-refractivity contribution >= 4 is 23.2 Å². The summed E-state index contributed by atoms with van der Waals surface area (Å²) in [6, 6.07) is 8.97.